The van der Waals surface area contributed by atoms with Crippen LogP contribution in [0.1, 0.15) is 27.0 Å². The number of phenols is 2. The Bertz CT molecular complexity index is 1390. The first-order chi connectivity index (χ1) is 15.0. The topological polar surface area (TPSA) is 121 Å². The Morgan fingerprint density at radius 1 is 1.10 bits per heavy atom. The van der Waals surface area contributed by atoms with E-state index in [2.05, 4.69) is 22.4 Å². The maximum atomic E-state index is 12.9. The van der Waals surface area contributed by atoms with Crippen molar-refractivity contribution < 1.29 is 29.2 Å². The number of fused-ring (bicyclic) bond motifs is 6. The van der Waals surface area contributed by atoms with Gasteiger partial charge in [0.25, 0.3) is 6.26 Å². The number of ether oxygens (including phenoxy) is 3. The molecule has 3 aromatic carbocycles. The van der Waals surface area contributed by atoms with Gasteiger partial charge in [0.05, 0.1) is 16.3 Å². The number of hydrogen-bond donors (Lipinski definition) is 2. The number of thiocarbonyl (C=S) groups is 1. The fourth-order valence-electron chi connectivity index (χ4n) is 4.07. The summed E-state index contributed by atoms with van der Waals surface area (Å²) < 4.78 is 17.1. The van der Waals surface area contributed by atoms with Gasteiger partial charge in [0, 0.05) is 23.3 Å². The number of nitrogens with zero attached hydrogens (tertiary/aromatic N) is 2. The maximum Gasteiger partial charge on any atom is 0.340 e. The molecule has 8 nitrogen and oxygen atoms in total. The molecule has 0 saturated carbocycles. The van der Waals surface area contributed by atoms with Gasteiger partial charge in [-0.2, -0.15) is 4.99 Å². The summed E-state index contributed by atoms with van der Waals surface area (Å²) in [4.78, 5) is 16.7. The van der Waals surface area contributed by atoms with Gasteiger partial charge in [0.2, 0.25) is 0 Å². The van der Waals surface area contributed by atoms with E-state index in [9.17, 15) is 20.3 Å². The zero-order chi connectivity index (χ0) is 21.8. The molecule has 0 radical (unpaired) electrons. The van der Waals surface area contributed by atoms with Crippen molar-refractivity contribution in [2.75, 3.05) is 0 Å². The first kappa shape index (κ1) is 18.6. The second-order valence-electron chi connectivity index (χ2n) is 6.74. The summed E-state index contributed by atoms with van der Waals surface area (Å²) >= 11 is 4.67. The van der Waals surface area contributed by atoms with Crippen LogP contribution in [-0.4, -0.2) is 21.3 Å². The number of aliphatic imine (C=N–C) groups is 1. The zero-order valence-electron chi connectivity index (χ0n) is 15.4. The van der Waals surface area contributed by atoms with Crippen molar-refractivity contribution in [2.45, 2.75) is 5.60 Å². The number of phenolic OH excluding ortho intramolecular Hbond substituents is 2. The Morgan fingerprint density at radius 3 is 2.68 bits per heavy atom. The summed E-state index contributed by atoms with van der Waals surface area (Å²) in [5.41, 5.74) is -0.432. The fraction of sp³-hybridized carbons (Fsp3) is 0.0455. The van der Waals surface area contributed by atoms with E-state index in [0.717, 1.165) is 0 Å². The minimum Gasteiger partial charge on any atom is -0.508 e. The largest absolute Gasteiger partial charge is 0.508 e. The molecule has 2 aliphatic rings. The summed E-state index contributed by atoms with van der Waals surface area (Å²) in [5.74, 6) is -1.01. The highest BCUT2D eigenvalue weighted by Gasteiger charge is 2.56. The van der Waals surface area contributed by atoms with E-state index in [0.29, 0.717) is 16.7 Å². The van der Waals surface area contributed by atoms with Crippen LogP contribution in [0.4, 0.5) is 5.69 Å². The zero-order valence-corrected chi connectivity index (χ0v) is 16.3. The highest BCUT2D eigenvalue weighted by molar-refractivity contribution is 7.78. The molecule has 1 unspecified atom stereocenters. The molecule has 0 bridgehead atoms. The average Bonchev–Trinajstić information content (AvgIpc) is 3.03. The van der Waals surface area contributed by atoms with Crippen LogP contribution in [0.2, 0.25) is 0 Å². The first-order valence-electron chi connectivity index (χ1n) is 8.89. The van der Waals surface area contributed by atoms with E-state index < -0.39 is 17.3 Å². The van der Waals surface area contributed by atoms with Gasteiger partial charge in [-0.25, -0.2) is 4.79 Å². The van der Waals surface area contributed by atoms with E-state index in [1.54, 1.807) is 36.6 Å². The van der Waals surface area contributed by atoms with Gasteiger partial charge in [0.1, 0.15) is 23.0 Å². The van der Waals surface area contributed by atoms with Gasteiger partial charge in [-0.15, -0.1) is 5.26 Å². The number of carbonyl (C=O) groups is 1. The molecule has 0 aliphatic carbocycles. The van der Waals surface area contributed by atoms with Crippen LogP contribution in [0, 0.1) is 11.5 Å². The second kappa shape index (κ2) is 6.57. The van der Waals surface area contributed by atoms with Crippen LogP contribution in [0.3, 0.4) is 0 Å². The van der Waals surface area contributed by atoms with Crippen molar-refractivity contribution in [1.82, 2.24) is 0 Å². The predicted molar refractivity (Wildman–Crippen MR) is 109 cm³/mol. The molecule has 9 heteroatoms. The Kier molecular flexibility index (Phi) is 3.95. The van der Waals surface area contributed by atoms with Crippen molar-refractivity contribution in [3.63, 3.8) is 0 Å². The molecule has 3 aromatic rings. The van der Waals surface area contributed by atoms with Gasteiger partial charge in [-0.05, 0) is 30.4 Å². The van der Waals surface area contributed by atoms with Crippen molar-refractivity contribution in [2.24, 2.45) is 4.99 Å². The molecule has 150 valence electrons. The van der Waals surface area contributed by atoms with Gasteiger partial charge in [0.15, 0.2) is 17.0 Å². The quantitative estimate of drug-likeness (QED) is 0.268. The van der Waals surface area contributed by atoms with Crippen LogP contribution in [-0.2, 0) is 10.3 Å². The third-order valence-corrected chi connectivity index (χ3v) is 5.28. The Labute approximate surface area is 180 Å². The Balaban J connectivity index is 1.98. The molecule has 0 saturated heterocycles. The summed E-state index contributed by atoms with van der Waals surface area (Å²) in [5, 5.41) is 31.9. The number of aromatic hydroxyl groups is 2. The van der Waals surface area contributed by atoms with Crippen molar-refractivity contribution in [3.05, 3.63) is 70.8 Å². The van der Waals surface area contributed by atoms with Crippen LogP contribution in [0.5, 0.6) is 28.7 Å². The number of esters is 1. The van der Waals surface area contributed by atoms with Crippen molar-refractivity contribution >= 4 is 29.0 Å². The van der Waals surface area contributed by atoms with Crippen LogP contribution < -0.4 is 9.47 Å². The predicted octanol–water partition coefficient (Wildman–Crippen LogP) is 4.26. The fourth-order valence-corrected chi connectivity index (χ4v) is 4.16. The monoisotopic (exact) mass is 430 g/mol. The van der Waals surface area contributed by atoms with Gasteiger partial charge >= 0.3 is 5.97 Å². The highest BCUT2D eigenvalue weighted by atomic mass is 32.1. The lowest BCUT2D eigenvalue weighted by atomic mass is 9.77. The number of nitriles is 1. The molecule has 2 N–H and O–H groups in total. The third-order valence-electron chi connectivity index (χ3n) is 5.19. The van der Waals surface area contributed by atoms with Crippen LogP contribution in [0.25, 0.3) is 0 Å². The summed E-state index contributed by atoms with van der Waals surface area (Å²) in [7, 11) is 0. The Morgan fingerprint density at radius 2 is 1.90 bits per heavy atom. The average molecular weight is 430 g/mol. The number of rotatable bonds is 2. The minimum absolute atomic E-state index is 0.0497. The summed E-state index contributed by atoms with van der Waals surface area (Å²) in [6, 6.07) is 12.3. The third kappa shape index (κ3) is 2.43. The van der Waals surface area contributed by atoms with E-state index >= 15 is 0 Å². The van der Waals surface area contributed by atoms with E-state index in [-0.39, 0.29) is 34.2 Å². The maximum absolute atomic E-state index is 12.9. The minimum atomic E-state index is -1.59. The van der Waals surface area contributed by atoms with E-state index in [1.165, 1.54) is 18.2 Å². The van der Waals surface area contributed by atoms with Gasteiger partial charge < -0.3 is 24.4 Å². The number of hydrogen-bond acceptors (Lipinski definition) is 9. The molecule has 1 atom stereocenters. The normalized spacial score (nSPS) is 17.3. The number of isothiocyanates is 1. The molecule has 0 aromatic heterocycles. The second-order valence-corrected chi connectivity index (χ2v) is 6.92. The first-order valence-corrected chi connectivity index (χ1v) is 9.30. The molecule has 0 fully saturated rings. The molecule has 5 rings (SSSR count). The van der Waals surface area contributed by atoms with Crippen LogP contribution >= 0.6 is 12.2 Å². The SMILES string of the molecule is N#COc1c(N=C=S)c(O)cc2c1C1(OC(=O)c3ccccc31)c1ccc(O)cc1O2. The summed E-state index contributed by atoms with van der Waals surface area (Å²) in [6.07, 6.45) is 1.57. The van der Waals surface area contributed by atoms with Gasteiger partial charge in [-0.1, -0.05) is 18.2 Å². The smallest absolute Gasteiger partial charge is 0.340 e. The molecule has 1 spiro atoms. The lowest BCUT2D eigenvalue weighted by Gasteiger charge is -2.37. The molecule has 31 heavy (non-hydrogen) atoms. The van der Waals surface area contributed by atoms with Crippen molar-refractivity contribution in [1.29, 1.82) is 5.26 Å². The summed E-state index contributed by atoms with van der Waals surface area (Å²) in [6.45, 7) is 0. The lowest BCUT2D eigenvalue weighted by molar-refractivity contribution is 0.0219. The highest BCUT2D eigenvalue weighted by Crippen LogP contribution is 2.61. The van der Waals surface area contributed by atoms with Crippen LogP contribution in [0.15, 0.2) is 53.5 Å². The molecular weight excluding hydrogens is 420 g/mol. The number of benzene rings is 3. The lowest BCUT2D eigenvalue weighted by Crippen LogP contribution is -2.33. The molecular formula is C22H10N2O6S. The van der Waals surface area contributed by atoms with E-state index in [1.807, 2.05) is 0 Å². The van der Waals surface area contributed by atoms with E-state index in [4.69, 9.17) is 14.2 Å². The Hall–Kier alpha value is -4.38. The van der Waals surface area contributed by atoms with Crippen molar-refractivity contribution in [3.8, 4) is 35.0 Å². The molecule has 2 heterocycles. The molecule has 2 aliphatic heterocycles. The number of carbonyl (C=O) groups excluding carboxylic acids is 1. The van der Waals surface area contributed by atoms with Gasteiger partial charge in [-0.3, -0.25) is 0 Å². The molecule has 0 amide bonds. The standard InChI is InChI=1S/C22H10N2O6S/c23-9-28-20-18-17(8-15(26)19(20)24-10-31)29-16-7-11(25)5-6-14(16)22(18)13-4-2-1-3-12(13)21(27)30-22/h1-8,25-26H.